The lowest BCUT2D eigenvalue weighted by atomic mass is 10.2. The predicted octanol–water partition coefficient (Wildman–Crippen LogP) is 1.58. The van der Waals surface area contributed by atoms with Gasteiger partial charge in [0.25, 0.3) is 9.05 Å². The van der Waals surface area contributed by atoms with Crippen LogP contribution in [0.15, 0.2) is 17.2 Å². The number of aromatic nitrogens is 1. The zero-order valence-corrected chi connectivity index (χ0v) is 9.39. The second kappa shape index (κ2) is 4.14. The first-order valence-electron chi connectivity index (χ1n) is 3.96. The van der Waals surface area contributed by atoms with Crippen molar-refractivity contribution in [2.45, 2.75) is 18.2 Å². The summed E-state index contributed by atoms with van der Waals surface area (Å²) in [4.78, 5) is 3.77. The number of hydrogen-bond donors (Lipinski definition) is 0. The molecule has 0 aliphatic rings. The number of methoxy groups -OCH3 is 1. The summed E-state index contributed by atoms with van der Waals surface area (Å²) < 4.78 is 27.0. The molecule has 1 aromatic heterocycles. The zero-order valence-electron chi connectivity index (χ0n) is 7.82. The van der Waals surface area contributed by atoms with Crippen LogP contribution in [0.3, 0.4) is 0 Å². The molecule has 1 aromatic rings. The second-order valence-electron chi connectivity index (χ2n) is 2.64. The Labute approximate surface area is 87.3 Å². The summed E-state index contributed by atoms with van der Waals surface area (Å²) in [5, 5.41) is 0. The largest absolute Gasteiger partial charge is 0.480 e. The Hall–Kier alpha value is -0.810. The van der Waals surface area contributed by atoms with Crippen LogP contribution in [0.25, 0.3) is 0 Å². The van der Waals surface area contributed by atoms with Crippen molar-refractivity contribution < 1.29 is 13.2 Å². The summed E-state index contributed by atoms with van der Waals surface area (Å²) in [5.74, 6) is 0.0252. The van der Waals surface area contributed by atoms with E-state index in [0.29, 0.717) is 6.42 Å². The smallest absolute Gasteiger partial charge is 0.266 e. The van der Waals surface area contributed by atoms with Crippen LogP contribution < -0.4 is 4.74 Å². The first-order chi connectivity index (χ1) is 6.49. The predicted molar refractivity (Wildman–Crippen MR) is 53.2 cm³/mol. The summed E-state index contributed by atoms with van der Waals surface area (Å²) >= 11 is 0. The van der Waals surface area contributed by atoms with E-state index < -0.39 is 9.05 Å². The van der Waals surface area contributed by atoms with Crippen LogP contribution in [0.1, 0.15) is 12.5 Å². The molecule has 0 amide bonds. The molecule has 0 aliphatic heterocycles. The average Bonchev–Trinajstić information content (AvgIpc) is 2.15. The molecule has 4 nitrogen and oxygen atoms in total. The van der Waals surface area contributed by atoms with Crippen LogP contribution in [0.5, 0.6) is 5.88 Å². The van der Waals surface area contributed by atoms with Gasteiger partial charge in [-0.3, -0.25) is 0 Å². The van der Waals surface area contributed by atoms with E-state index in [4.69, 9.17) is 15.4 Å². The van der Waals surface area contributed by atoms with Gasteiger partial charge in [0.15, 0.2) is 0 Å². The van der Waals surface area contributed by atoms with Crippen molar-refractivity contribution in [1.29, 1.82) is 0 Å². The maximum atomic E-state index is 11.1. The molecule has 78 valence electrons. The van der Waals surface area contributed by atoms with Crippen molar-refractivity contribution in [3.8, 4) is 5.88 Å². The van der Waals surface area contributed by atoms with Crippen molar-refractivity contribution in [3.63, 3.8) is 0 Å². The van der Waals surface area contributed by atoms with Gasteiger partial charge in [-0.2, -0.15) is 0 Å². The molecule has 0 aliphatic carbocycles. The van der Waals surface area contributed by atoms with Gasteiger partial charge < -0.3 is 4.74 Å². The van der Waals surface area contributed by atoms with Crippen molar-refractivity contribution in [2.24, 2.45) is 0 Å². The lowest BCUT2D eigenvalue weighted by molar-refractivity contribution is 0.385. The fourth-order valence-electron chi connectivity index (χ4n) is 0.994. The Morgan fingerprint density at radius 1 is 1.57 bits per heavy atom. The third kappa shape index (κ3) is 2.36. The maximum Gasteiger partial charge on any atom is 0.266 e. The van der Waals surface area contributed by atoms with Gasteiger partial charge in [-0.15, -0.1) is 0 Å². The molecule has 0 atom stereocenters. The minimum atomic E-state index is -3.79. The van der Waals surface area contributed by atoms with Crippen LogP contribution in [-0.2, 0) is 15.5 Å². The number of hydrogen-bond acceptors (Lipinski definition) is 4. The van der Waals surface area contributed by atoms with Crippen molar-refractivity contribution in [1.82, 2.24) is 4.98 Å². The molecule has 14 heavy (non-hydrogen) atoms. The summed E-state index contributed by atoms with van der Waals surface area (Å²) in [7, 11) is 2.78. The molecule has 0 N–H and O–H groups in total. The number of halogens is 1. The Kier molecular flexibility index (Phi) is 3.34. The number of pyridine rings is 1. The second-order valence-corrected chi connectivity index (χ2v) is 5.18. The Morgan fingerprint density at radius 2 is 2.21 bits per heavy atom. The Bertz CT molecular complexity index is 430. The average molecular weight is 236 g/mol. The standard InChI is InChI=1S/C8H10ClNO3S/c1-3-6-4-7(14(9,11)12)8(13-2)10-5-6/h4-5H,3H2,1-2H3. The number of rotatable bonds is 3. The highest BCUT2D eigenvalue weighted by Crippen LogP contribution is 2.25. The molecular weight excluding hydrogens is 226 g/mol. The lowest BCUT2D eigenvalue weighted by Gasteiger charge is -2.05. The van der Waals surface area contributed by atoms with E-state index in [0.717, 1.165) is 5.56 Å². The van der Waals surface area contributed by atoms with Crippen LogP contribution in [0.4, 0.5) is 0 Å². The minimum absolute atomic E-state index is 0.0252. The van der Waals surface area contributed by atoms with Gasteiger partial charge in [0.2, 0.25) is 5.88 Å². The highest BCUT2D eigenvalue weighted by molar-refractivity contribution is 8.13. The van der Waals surface area contributed by atoms with Crippen molar-refractivity contribution in [3.05, 3.63) is 17.8 Å². The molecule has 0 unspecified atom stereocenters. The maximum absolute atomic E-state index is 11.1. The molecule has 0 saturated carbocycles. The molecule has 0 aromatic carbocycles. The molecule has 0 saturated heterocycles. The van der Waals surface area contributed by atoms with Gasteiger partial charge in [-0.25, -0.2) is 13.4 Å². The third-order valence-corrected chi connectivity index (χ3v) is 3.06. The highest BCUT2D eigenvalue weighted by Gasteiger charge is 2.18. The van der Waals surface area contributed by atoms with E-state index in [2.05, 4.69) is 4.98 Å². The van der Waals surface area contributed by atoms with Crippen LogP contribution in [-0.4, -0.2) is 20.5 Å². The van der Waals surface area contributed by atoms with E-state index in [9.17, 15) is 8.42 Å². The number of nitrogens with zero attached hydrogens (tertiary/aromatic N) is 1. The van der Waals surface area contributed by atoms with Gasteiger partial charge in [-0.05, 0) is 18.1 Å². The Balaban J connectivity index is 3.37. The SMILES string of the molecule is CCc1cnc(OC)c(S(=O)(=O)Cl)c1. The fraction of sp³-hybridized carbons (Fsp3) is 0.375. The van der Waals surface area contributed by atoms with E-state index in [1.54, 1.807) is 6.20 Å². The molecule has 0 radical (unpaired) electrons. The molecular formula is C8H10ClNO3S. The topological polar surface area (TPSA) is 56.3 Å². The fourth-order valence-corrected chi connectivity index (χ4v) is 1.96. The Morgan fingerprint density at radius 3 is 2.64 bits per heavy atom. The van der Waals surface area contributed by atoms with Crippen molar-refractivity contribution >= 4 is 19.7 Å². The van der Waals surface area contributed by atoms with E-state index in [1.807, 2.05) is 6.92 Å². The van der Waals surface area contributed by atoms with Gasteiger partial charge in [-0.1, -0.05) is 6.92 Å². The van der Waals surface area contributed by atoms with E-state index >= 15 is 0 Å². The van der Waals surface area contributed by atoms with Crippen LogP contribution >= 0.6 is 10.7 Å². The van der Waals surface area contributed by atoms with Gasteiger partial charge in [0, 0.05) is 16.9 Å². The summed E-state index contributed by atoms with van der Waals surface area (Å²) in [5.41, 5.74) is 0.796. The highest BCUT2D eigenvalue weighted by atomic mass is 35.7. The zero-order chi connectivity index (χ0) is 10.8. The molecule has 0 fully saturated rings. The molecule has 1 rings (SSSR count). The summed E-state index contributed by atoms with van der Waals surface area (Å²) in [6, 6.07) is 1.47. The van der Waals surface area contributed by atoms with Crippen LogP contribution in [0, 0.1) is 0 Å². The summed E-state index contributed by atoms with van der Waals surface area (Å²) in [6.45, 7) is 1.90. The molecule has 0 spiro atoms. The quantitative estimate of drug-likeness (QED) is 0.747. The normalized spacial score (nSPS) is 11.4. The van der Waals surface area contributed by atoms with Gasteiger partial charge in [0.1, 0.15) is 4.90 Å². The number of aryl methyl sites for hydroxylation is 1. The van der Waals surface area contributed by atoms with Gasteiger partial charge in [0.05, 0.1) is 7.11 Å². The first-order valence-corrected chi connectivity index (χ1v) is 6.27. The number of ether oxygens (including phenoxy) is 1. The minimum Gasteiger partial charge on any atom is -0.480 e. The van der Waals surface area contributed by atoms with E-state index in [1.165, 1.54) is 13.2 Å². The summed E-state index contributed by atoms with van der Waals surface area (Å²) in [6.07, 6.45) is 2.25. The van der Waals surface area contributed by atoms with Crippen molar-refractivity contribution in [2.75, 3.05) is 7.11 Å². The van der Waals surface area contributed by atoms with Crippen LogP contribution in [0.2, 0.25) is 0 Å². The molecule has 6 heteroatoms. The van der Waals surface area contributed by atoms with E-state index in [-0.39, 0.29) is 10.8 Å². The molecule has 1 heterocycles. The monoisotopic (exact) mass is 235 g/mol. The first kappa shape index (κ1) is 11.3. The van der Waals surface area contributed by atoms with Gasteiger partial charge >= 0.3 is 0 Å². The molecule has 0 bridgehead atoms. The lowest BCUT2D eigenvalue weighted by Crippen LogP contribution is -2.00. The third-order valence-electron chi connectivity index (χ3n) is 1.74.